The number of amides is 1. The average molecular weight is 178 g/mol. The van der Waals surface area contributed by atoms with Crippen molar-refractivity contribution in [1.82, 2.24) is 9.88 Å². The largest absolute Gasteiger partial charge is 0.345 e. The Morgan fingerprint density at radius 3 is 2.46 bits per heavy atom. The topological polar surface area (TPSA) is 33.2 Å². The van der Waals surface area contributed by atoms with Crippen LogP contribution in [0.2, 0.25) is 0 Å². The van der Waals surface area contributed by atoms with E-state index >= 15 is 0 Å². The van der Waals surface area contributed by atoms with Crippen LogP contribution in [0.5, 0.6) is 0 Å². The zero-order chi connectivity index (χ0) is 10.0. The molecule has 0 aliphatic heterocycles. The molecule has 0 saturated carbocycles. The SMILES string of the molecule is Cc1ccnc(C)c1C(=O)N(C)C. The lowest BCUT2D eigenvalue weighted by Crippen LogP contribution is -2.23. The standard InChI is InChI=1S/C10H14N2O/c1-7-5-6-11-8(2)9(7)10(13)12(3)4/h5-6H,1-4H3. The summed E-state index contributed by atoms with van der Waals surface area (Å²) in [7, 11) is 3.49. The van der Waals surface area contributed by atoms with Gasteiger partial charge in [0.2, 0.25) is 0 Å². The maximum absolute atomic E-state index is 11.7. The number of hydrogen-bond acceptors (Lipinski definition) is 2. The molecule has 0 aliphatic carbocycles. The quantitative estimate of drug-likeness (QED) is 0.651. The van der Waals surface area contributed by atoms with Gasteiger partial charge in [-0.3, -0.25) is 9.78 Å². The molecule has 0 radical (unpaired) electrons. The molecule has 70 valence electrons. The van der Waals surface area contributed by atoms with E-state index in [1.807, 2.05) is 19.9 Å². The molecule has 1 rings (SSSR count). The lowest BCUT2D eigenvalue weighted by molar-refractivity contribution is 0.0825. The second-order valence-electron chi connectivity index (χ2n) is 3.29. The van der Waals surface area contributed by atoms with Gasteiger partial charge in [-0.25, -0.2) is 0 Å². The van der Waals surface area contributed by atoms with E-state index in [2.05, 4.69) is 4.98 Å². The molecule has 0 saturated heterocycles. The van der Waals surface area contributed by atoms with E-state index in [-0.39, 0.29) is 5.91 Å². The Hall–Kier alpha value is -1.38. The van der Waals surface area contributed by atoms with Crippen LogP contribution in [0.15, 0.2) is 12.3 Å². The average Bonchev–Trinajstić information content (AvgIpc) is 2.03. The van der Waals surface area contributed by atoms with Crippen LogP contribution in [0, 0.1) is 13.8 Å². The van der Waals surface area contributed by atoms with Crippen LogP contribution < -0.4 is 0 Å². The molecule has 0 unspecified atom stereocenters. The molecule has 0 atom stereocenters. The van der Waals surface area contributed by atoms with E-state index < -0.39 is 0 Å². The van der Waals surface area contributed by atoms with E-state index in [4.69, 9.17) is 0 Å². The van der Waals surface area contributed by atoms with Gasteiger partial charge in [-0.15, -0.1) is 0 Å². The Morgan fingerprint density at radius 1 is 1.38 bits per heavy atom. The fourth-order valence-corrected chi connectivity index (χ4v) is 1.24. The van der Waals surface area contributed by atoms with E-state index in [0.717, 1.165) is 11.3 Å². The van der Waals surface area contributed by atoms with Crippen molar-refractivity contribution in [3.05, 3.63) is 29.1 Å². The van der Waals surface area contributed by atoms with Gasteiger partial charge in [-0.1, -0.05) is 0 Å². The maximum Gasteiger partial charge on any atom is 0.255 e. The molecule has 0 aromatic carbocycles. The summed E-state index contributed by atoms with van der Waals surface area (Å²) in [6, 6.07) is 1.85. The molecule has 13 heavy (non-hydrogen) atoms. The van der Waals surface area contributed by atoms with Gasteiger partial charge in [0.25, 0.3) is 5.91 Å². The highest BCUT2D eigenvalue weighted by Gasteiger charge is 2.13. The Labute approximate surface area is 78.4 Å². The summed E-state index contributed by atoms with van der Waals surface area (Å²) < 4.78 is 0. The number of aromatic nitrogens is 1. The molecule has 0 spiro atoms. The monoisotopic (exact) mass is 178 g/mol. The molecular formula is C10H14N2O. The van der Waals surface area contributed by atoms with Gasteiger partial charge in [0.1, 0.15) is 0 Å². The molecule has 0 fully saturated rings. The molecule has 3 heteroatoms. The van der Waals surface area contributed by atoms with Crippen LogP contribution in [0.3, 0.4) is 0 Å². The fourth-order valence-electron chi connectivity index (χ4n) is 1.24. The van der Waals surface area contributed by atoms with Crippen molar-refractivity contribution in [2.75, 3.05) is 14.1 Å². The van der Waals surface area contributed by atoms with Crippen LogP contribution in [-0.2, 0) is 0 Å². The number of nitrogens with zero attached hydrogens (tertiary/aromatic N) is 2. The van der Waals surface area contributed by atoms with Crippen LogP contribution in [0.1, 0.15) is 21.6 Å². The van der Waals surface area contributed by atoms with Gasteiger partial charge in [0.05, 0.1) is 11.3 Å². The normalized spacial score (nSPS) is 9.85. The van der Waals surface area contributed by atoms with Crippen LogP contribution >= 0.6 is 0 Å². The van der Waals surface area contributed by atoms with Gasteiger partial charge >= 0.3 is 0 Å². The van der Waals surface area contributed by atoms with Crippen LogP contribution in [-0.4, -0.2) is 29.9 Å². The lowest BCUT2D eigenvalue weighted by Gasteiger charge is -2.13. The summed E-state index contributed by atoms with van der Waals surface area (Å²) in [4.78, 5) is 17.3. The highest BCUT2D eigenvalue weighted by molar-refractivity contribution is 5.96. The lowest BCUT2D eigenvalue weighted by atomic mass is 10.1. The molecule has 1 amide bonds. The van der Waals surface area contributed by atoms with Gasteiger partial charge in [0, 0.05) is 20.3 Å². The second kappa shape index (κ2) is 3.56. The summed E-state index contributed by atoms with van der Waals surface area (Å²) in [5.41, 5.74) is 2.48. The number of carbonyl (C=O) groups excluding carboxylic acids is 1. The minimum absolute atomic E-state index is 0.0168. The second-order valence-corrected chi connectivity index (χ2v) is 3.29. The first-order valence-electron chi connectivity index (χ1n) is 4.18. The Balaban J connectivity index is 3.20. The summed E-state index contributed by atoms with van der Waals surface area (Å²) in [6.07, 6.45) is 1.72. The van der Waals surface area contributed by atoms with Crippen molar-refractivity contribution in [3.8, 4) is 0 Å². The van der Waals surface area contributed by atoms with E-state index in [1.54, 1.807) is 25.2 Å². The third kappa shape index (κ3) is 1.86. The van der Waals surface area contributed by atoms with Crippen molar-refractivity contribution in [2.24, 2.45) is 0 Å². The fraction of sp³-hybridized carbons (Fsp3) is 0.400. The van der Waals surface area contributed by atoms with E-state index in [9.17, 15) is 4.79 Å². The Bertz CT molecular complexity index is 311. The Morgan fingerprint density at radius 2 is 2.00 bits per heavy atom. The first-order valence-corrected chi connectivity index (χ1v) is 4.18. The maximum atomic E-state index is 11.7. The number of pyridine rings is 1. The van der Waals surface area contributed by atoms with E-state index in [0.29, 0.717) is 5.56 Å². The number of hydrogen-bond donors (Lipinski definition) is 0. The van der Waals surface area contributed by atoms with Crippen molar-refractivity contribution in [1.29, 1.82) is 0 Å². The zero-order valence-corrected chi connectivity index (χ0v) is 8.46. The third-order valence-corrected chi connectivity index (χ3v) is 1.97. The molecule has 1 aromatic heterocycles. The highest BCUT2D eigenvalue weighted by atomic mass is 16.2. The molecular weight excluding hydrogens is 164 g/mol. The minimum Gasteiger partial charge on any atom is -0.345 e. The van der Waals surface area contributed by atoms with Gasteiger partial charge in [-0.05, 0) is 25.5 Å². The van der Waals surface area contributed by atoms with Crippen molar-refractivity contribution >= 4 is 5.91 Å². The van der Waals surface area contributed by atoms with Gasteiger partial charge < -0.3 is 4.90 Å². The molecule has 0 N–H and O–H groups in total. The molecule has 1 heterocycles. The predicted octanol–water partition coefficient (Wildman–Crippen LogP) is 1.40. The highest BCUT2D eigenvalue weighted by Crippen LogP contribution is 2.11. The van der Waals surface area contributed by atoms with Crippen molar-refractivity contribution < 1.29 is 4.79 Å². The number of aryl methyl sites for hydroxylation is 2. The molecule has 3 nitrogen and oxygen atoms in total. The first kappa shape index (κ1) is 9.71. The summed E-state index contributed by atoms with van der Waals surface area (Å²) in [6.45, 7) is 3.77. The predicted molar refractivity (Wildman–Crippen MR) is 51.7 cm³/mol. The van der Waals surface area contributed by atoms with Crippen molar-refractivity contribution in [3.63, 3.8) is 0 Å². The molecule has 0 aliphatic rings. The molecule has 1 aromatic rings. The minimum atomic E-state index is 0.0168. The van der Waals surface area contributed by atoms with E-state index in [1.165, 1.54) is 0 Å². The summed E-state index contributed by atoms with van der Waals surface area (Å²) in [5, 5.41) is 0. The van der Waals surface area contributed by atoms with Crippen molar-refractivity contribution in [2.45, 2.75) is 13.8 Å². The van der Waals surface area contributed by atoms with Gasteiger partial charge in [-0.2, -0.15) is 0 Å². The summed E-state index contributed by atoms with van der Waals surface area (Å²) in [5.74, 6) is 0.0168. The van der Waals surface area contributed by atoms with Crippen LogP contribution in [0.25, 0.3) is 0 Å². The van der Waals surface area contributed by atoms with Gasteiger partial charge in [0.15, 0.2) is 0 Å². The van der Waals surface area contributed by atoms with Crippen LogP contribution in [0.4, 0.5) is 0 Å². The number of rotatable bonds is 1. The molecule has 0 bridgehead atoms. The smallest absolute Gasteiger partial charge is 0.255 e. The third-order valence-electron chi connectivity index (χ3n) is 1.97. The first-order chi connectivity index (χ1) is 6.04. The Kier molecular flexibility index (Phi) is 2.66. The zero-order valence-electron chi connectivity index (χ0n) is 8.46. The number of carbonyl (C=O) groups is 1. The summed E-state index contributed by atoms with van der Waals surface area (Å²) >= 11 is 0.